The van der Waals surface area contributed by atoms with Crippen molar-refractivity contribution in [3.8, 4) is 0 Å². The van der Waals surface area contributed by atoms with Crippen LogP contribution >= 0.6 is 0 Å². The SMILES string of the molecule is CC(=O)N1CC[NH2+]CC1c1ccccc1.F[B-](F)(F)F. The number of nitrogens with two attached hydrogens (primary N) is 1. The summed E-state index contributed by atoms with van der Waals surface area (Å²) < 4.78 is 39.0. The number of carbonyl (C=O) groups excluding carboxylic acids is 1. The summed E-state index contributed by atoms with van der Waals surface area (Å²) in [6.45, 7) is 4.50. The van der Waals surface area contributed by atoms with E-state index in [-0.39, 0.29) is 11.9 Å². The van der Waals surface area contributed by atoms with Gasteiger partial charge in [0.2, 0.25) is 5.91 Å². The molecule has 8 heteroatoms. The fraction of sp³-hybridized carbons (Fsp3) is 0.417. The van der Waals surface area contributed by atoms with Gasteiger partial charge in [0.25, 0.3) is 0 Å². The van der Waals surface area contributed by atoms with E-state index in [0.29, 0.717) is 0 Å². The molecule has 112 valence electrons. The molecule has 1 fully saturated rings. The average Bonchev–Trinajstić information content (AvgIpc) is 2.38. The minimum Gasteiger partial charge on any atom is -0.418 e. The summed E-state index contributed by atoms with van der Waals surface area (Å²) in [5.74, 6) is 0.178. The van der Waals surface area contributed by atoms with Crippen LogP contribution in [0.25, 0.3) is 0 Å². The van der Waals surface area contributed by atoms with Crippen LogP contribution < -0.4 is 5.32 Å². The zero-order valence-electron chi connectivity index (χ0n) is 11.1. The van der Waals surface area contributed by atoms with Crippen LogP contribution in [0.4, 0.5) is 17.3 Å². The van der Waals surface area contributed by atoms with E-state index in [4.69, 9.17) is 0 Å². The van der Waals surface area contributed by atoms with Crippen molar-refractivity contribution in [2.45, 2.75) is 13.0 Å². The Bertz CT molecular complexity index is 421. The number of carbonyl (C=O) groups is 1. The molecule has 0 radical (unpaired) electrons. The third-order valence-electron chi connectivity index (χ3n) is 2.93. The first-order valence-corrected chi connectivity index (χ1v) is 6.30. The molecule has 0 aromatic heterocycles. The first-order chi connectivity index (χ1) is 9.29. The van der Waals surface area contributed by atoms with E-state index in [0.717, 1.165) is 19.6 Å². The largest absolute Gasteiger partial charge is 0.673 e. The molecule has 0 saturated carbocycles. The molecule has 2 rings (SSSR count). The van der Waals surface area contributed by atoms with Gasteiger partial charge in [-0.25, -0.2) is 0 Å². The van der Waals surface area contributed by atoms with E-state index < -0.39 is 7.25 Å². The Labute approximate surface area is 115 Å². The van der Waals surface area contributed by atoms with Gasteiger partial charge < -0.3 is 27.5 Å². The van der Waals surface area contributed by atoms with Gasteiger partial charge in [-0.2, -0.15) is 0 Å². The summed E-state index contributed by atoms with van der Waals surface area (Å²) in [6, 6.07) is 10.5. The monoisotopic (exact) mass is 292 g/mol. The van der Waals surface area contributed by atoms with Crippen LogP contribution in [0.3, 0.4) is 0 Å². The van der Waals surface area contributed by atoms with Crippen molar-refractivity contribution < 1.29 is 27.4 Å². The highest BCUT2D eigenvalue weighted by Crippen LogP contribution is 2.19. The standard InChI is InChI=1S/C12H16N2O.BF4/c1-10(15)14-8-7-13-9-12(14)11-5-3-2-4-6-11;2-1(3,4)5/h2-6,12-13H,7-9H2,1H3;/q;-1/p+1. The highest BCUT2D eigenvalue weighted by atomic mass is 19.5. The number of hydrogen-bond donors (Lipinski definition) is 1. The molecule has 1 aromatic rings. The zero-order chi connectivity index (χ0) is 15.2. The predicted molar refractivity (Wildman–Crippen MR) is 68.4 cm³/mol. The number of piperazine rings is 1. The maximum absolute atomic E-state index is 11.5. The van der Waals surface area contributed by atoms with E-state index >= 15 is 0 Å². The Morgan fingerprint density at radius 3 is 2.30 bits per heavy atom. The number of halogens is 4. The maximum atomic E-state index is 11.5. The third kappa shape index (κ3) is 6.05. The minimum absolute atomic E-state index is 0.178. The summed E-state index contributed by atoms with van der Waals surface area (Å²) in [7, 11) is -6.00. The van der Waals surface area contributed by atoms with E-state index in [9.17, 15) is 22.1 Å². The lowest BCUT2D eigenvalue weighted by atomic mass is 10.0. The van der Waals surface area contributed by atoms with Crippen LogP contribution in [0.5, 0.6) is 0 Å². The molecule has 1 aliphatic heterocycles. The van der Waals surface area contributed by atoms with E-state index in [1.54, 1.807) is 6.92 Å². The second-order valence-electron chi connectivity index (χ2n) is 4.45. The van der Waals surface area contributed by atoms with Crippen molar-refractivity contribution in [3.05, 3.63) is 35.9 Å². The van der Waals surface area contributed by atoms with Gasteiger partial charge in [0.15, 0.2) is 0 Å². The van der Waals surface area contributed by atoms with E-state index in [1.807, 2.05) is 23.1 Å². The van der Waals surface area contributed by atoms with Crippen molar-refractivity contribution in [3.63, 3.8) is 0 Å². The summed E-state index contributed by atoms with van der Waals surface area (Å²) in [5, 5.41) is 2.27. The van der Waals surface area contributed by atoms with Gasteiger partial charge in [-0.05, 0) is 5.56 Å². The molecule has 1 aromatic carbocycles. The van der Waals surface area contributed by atoms with Crippen LogP contribution in [-0.2, 0) is 4.79 Å². The van der Waals surface area contributed by atoms with Crippen molar-refractivity contribution in [2.75, 3.05) is 19.6 Å². The molecule has 1 aliphatic rings. The average molecular weight is 292 g/mol. The molecular formula is C12H17BF4N2O. The van der Waals surface area contributed by atoms with Crippen molar-refractivity contribution in [1.29, 1.82) is 0 Å². The number of hydrogen-bond acceptors (Lipinski definition) is 1. The number of rotatable bonds is 1. The van der Waals surface area contributed by atoms with Crippen LogP contribution in [0.1, 0.15) is 18.5 Å². The Balaban J connectivity index is 0.000000347. The first kappa shape index (κ1) is 16.5. The summed E-state index contributed by atoms with van der Waals surface area (Å²) in [6.07, 6.45) is 0. The Hall–Kier alpha value is -1.57. The van der Waals surface area contributed by atoms with Gasteiger partial charge in [-0.3, -0.25) is 4.79 Å². The van der Waals surface area contributed by atoms with Gasteiger partial charge in [0.05, 0.1) is 13.1 Å². The second kappa shape index (κ2) is 7.28. The van der Waals surface area contributed by atoms with Crippen molar-refractivity contribution in [2.24, 2.45) is 0 Å². The molecule has 0 spiro atoms. The van der Waals surface area contributed by atoms with Gasteiger partial charge in [0, 0.05) is 6.92 Å². The molecule has 3 nitrogen and oxygen atoms in total. The van der Waals surface area contributed by atoms with Crippen LogP contribution in [0.2, 0.25) is 0 Å². The fourth-order valence-corrected chi connectivity index (χ4v) is 2.16. The van der Waals surface area contributed by atoms with E-state index in [2.05, 4.69) is 17.4 Å². The molecular weight excluding hydrogens is 275 g/mol. The molecule has 1 heterocycles. The zero-order valence-corrected chi connectivity index (χ0v) is 11.1. The molecule has 1 unspecified atom stereocenters. The second-order valence-corrected chi connectivity index (χ2v) is 4.45. The smallest absolute Gasteiger partial charge is 0.418 e. The Kier molecular flexibility index (Phi) is 6.00. The molecule has 1 saturated heterocycles. The lowest BCUT2D eigenvalue weighted by molar-refractivity contribution is -0.668. The van der Waals surface area contributed by atoms with Gasteiger partial charge >= 0.3 is 7.25 Å². The number of nitrogens with zero attached hydrogens (tertiary/aromatic N) is 1. The van der Waals surface area contributed by atoms with Gasteiger partial charge in [-0.15, -0.1) is 0 Å². The molecule has 0 aliphatic carbocycles. The molecule has 0 bridgehead atoms. The minimum atomic E-state index is -6.00. The Morgan fingerprint density at radius 2 is 1.80 bits per heavy atom. The summed E-state index contributed by atoms with van der Waals surface area (Å²) >= 11 is 0. The van der Waals surface area contributed by atoms with E-state index in [1.165, 1.54) is 5.56 Å². The fourth-order valence-electron chi connectivity index (χ4n) is 2.16. The topological polar surface area (TPSA) is 36.9 Å². The van der Waals surface area contributed by atoms with Crippen LogP contribution in [0.15, 0.2) is 30.3 Å². The van der Waals surface area contributed by atoms with Gasteiger partial charge in [-0.1, -0.05) is 30.3 Å². The lowest BCUT2D eigenvalue weighted by Crippen LogP contribution is -2.90. The summed E-state index contributed by atoms with van der Waals surface area (Å²) in [5.41, 5.74) is 1.24. The number of benzene rings is 1. The highest BCUT2D eigenvalue weighted by Gasteiger charge is 2.27. The molecule has 20 heavy (non-hydrogen) atoms. The molecule has 1 amide bonds. The lowest BCUT2D eigenvalue weighted by Gasteiger charge is -2.33. The van der Waals surface area contributed by atoms with Crippen molar-refractivity contribution >= 4 is 13.2 Å². The maximum Gasteiger partial charge on any atom is 0.673 e. The van der Waals surface area contributed by atoms with Crippen LogP contribution in [-0.4, -0.2) is 37.7 Å². The first-order valence-electron chi connectivity index (χ1n) is 6.30. The quantitative estimate of drug-likeness (QED) is 0.617. The normalized spacial score (nSPS) is 19.1. The Morgan fingerprint density at radius 1 is 1.25 bits per heavy atom. The van der Waals surface area contributed by atoms with Crippen LogP contribution in [0, 0.1) is 0 Å². The molecule has 2 N–H and O–H groups in total. The highest BCUT2D eigenvalue weighted by molar-refractivity contribution is 6.50. The van der Waals surface area contributed by atoms with Crippen molar-refractivity contribution in [1.82, 2.24) is 4.90 Å². The molecule has 1 atom stereocenters. The number of amides is 1. The summed E-state index contributed by atoms with van der Waals surface area (Å²) in [4.78, 5) is 13.5. The van der Waals surface area contributed by atoms with Gasteiger partial charge in [0.1, 0.15) is 12.6 Å². The number of quaternary nitrogens is 1. The predicted octanol–water partition coefficient (Wildman–Crippen LogP) is 1.45. The third-order valence-corrected chi connectivity index (χ3v) is 2.93.